The number of hydrogen-bond acceptors (Lipinski definition) is 4. The van der Waals surface area contributed by atoms with E-state index >= 15 is 0 Å². The summed E-state index contributed by atoms with van der Waals surface area (Å²) in [6.45, 7) is 0. The number of benzene rings is 1. The summed E-state index contributed by atoms with van der Waals surface area (Å²) in [5, 5.41) is -0.224. The number of hydrogen-bond donors (Lipinski definition) is 1. The van der Waals surface area contributed by atoms with Crippen molar-refractivity contribution in [1.82, 2.24) is 4.72 Å². The molecule has 1 aromatic carbocycles. The van der Waals surface area contributed by atoms with Gasteiger partial charge in [0.25, 0.3) is 10.0 Å². The van der Waals surface area contributed by atoms with Gasteiger partial charge in [-0.2, -0.15) is 0 Å². The van der Waals surface area contributed by atoms with Gasteiger partial charge in [-0.25, -0.2) is 13.1 Å². The van der Waals surface area contributed by atoms with E-state index in [1.54, 1.807) is 0 Å². The lowest BCUT2D eigenvalue weighted by molar-refractivity contribution is 0.109. The second kappa shape index (κ2) is 4.88. The third-order valence-corrected chi connectivity index (χ3v) is 4.67. The molecule has 1 aliphatic carbocycles. The van der Waals surface area contributed by atoms with Crippen LogP contribution in [-0.2, 0) is 10.0 Å². The molecule has 1 N–H and O–H groups in total. The molecule has 5 nitrogen and oxygen atoms in total. The van der Waals surface area contributed by atoms with Crippen molar-refractivity contribution in [3.63, 3.8) is 0 Å². The van der Waals surface area contributed by atoms with E-state index in [1.165, 1.54) is 12.1 Å². The summed E-state index contributed by atoms with van der Waals surface area (Å²) in [7, 11) is -3.70. The molecular formula is C14H13NO4S. The quantitative estimate of drug-likeness (QED) is 0.854. The van der Waals surface area contributed by atoms with E-state index in [4.69, 9.17) is 4.42 Å². The summed E-state index contributed by atoms with van der Waals surface area (Å²) in [6, 6.07) is 12.3. The van der Waals surface area contributed by atoms with Gasteiger partial charge in [-0.15, -0.1) is 0 Å². The molecule has 2 aromatic rings. The summed E-state index contributed by atoms with van der Waals surface area (Å²) in [4.78, 5) is 10.5. The summed E-state index contributed by atoms with van der Waals surface area (Å²) in [5.74, 6) is 0.201. The second-order valence-corrected chi connectivity index (χ2v) is 6.40. The lowest BCUT2D eigenvalue weighted by Crippen LogP contribution is -2.26. The molecule has 1 aromatic heterocycles. The third kappa shape index (κ3) is 2.52. The topological polar surface area (TPSA) is 76.4 Å². The first-order valence-electron chi connectivity index (χ1n) is 6.22. The molecule has 0 bridgehead atoms. The maximum Gasteiger partial charge on any atom is 0.274 e. The number of sulfonamides is 1. The molecule has 1 saturated carbocycles. The zero-order valence-electron chi connectivity index (χ0n) is 10.5. The van der Waals surface area contributed by atoms with Crippen LogP contribution in [0.5, 0.6) is 0 Å². The minimum absolute atomic E-state index is 0.000723. The molecule has 0 spiro atoms. The number of nitrogens with one attached hydrogen (secondary N) is 1. The Labute approximate surface area is 116 Å². The highest BCUT2D eigenvalue weighted by Gasteiger charge is 2.41. The summed E-state index contributed by atoms with van der Waals surface area (Å²) in [6.07, 6.45) is 1.24. The van der Waals surface area contributed by atoms with Crippen LogP contribution in [0.25, 0.3) is 0 Å². The summed E-state index contributed by atoms with van der Waals surface area (Å²) < 4.78 is 31.7. The number of aldehydes is 1. The van der Waals surface area contributed by atoms with Crippen molar-refractivity contribution in [2.24, 2.45) is 0 Å². The van der Waals surface area contributed by atoms with E-state index in [0.717, 1.165) is 12.0 Å². The van der Waals surface area contributed by atoms with Gasteiger partial charge in [-0.05, 0) is 24.1 Å². The number of rotatable bonds is 5. The largest absolute Gasteiger partial charge is 0.440 e. The van der Waals surface area contributed by atoms with Crippen molar-refractivity contribution in [2.75, 3.05) is 0 Å². The number of carbonyl (C=O) groups is 1. The van der Waals surface area contributed by atoms with Gasteiger partial charge in [0, 0.05) is 12.0 Å². The zero-order chi connectivity index (χ0) is 14.2. The lowest BCUT2D eigenvalue weighted by atomic mass is 10.1. The lowest BCUT2D eigenvalue weighted by Gasteiger charge is -2.03. The van der Waals surface area contributed by atoms with Crippen LogP contribution >= 0.6 is 0 Å². The van der Waals surface area contributed by atoms with Crippen molar-refractivity contribution >= 4 is 16.3 Å². The first-order chi connectivity index (χ1) is 9.60. The Morgan fingerprint density at radius 1 is 1.15 bits per heavy atom. The van der Waals surface area contributed by atoms with Gasteiger partial charge >= 0.3 is 0 Å². The maximum absolute atomic E-state index is 12.1. The van der Waals surface area contributed by atoms with Crippen molar-refractivity contribution in [3.05, 3.63) is 53.8 Å². The normalized spacial score (nSPS) is 21.6. The molecule has 0 amide bonds. The van der Waals surface area contributed by atoms with Gasteiger partial charge in [0.15, 0.2) is 12.0 Å². The van der Waals surface area contributed by atoms with Crippen molar-refractivity contribution in [1.29, 1.82) is 0 Å². The van der Waals surface area contributed by atoms with Crippen molar-refractivity contribution in [2.45, 2.75) is 23.5 Å². The van der Waals surface area contributed by atoms with E-state index in [1.807, 2.05) is 30.3 Å². The smallest absolute Gasteiger partial charge is 0.274 e. The number of furan rings is 1. The molecule has 2 unspecified atom stereocenters. The predicted octanol–water partition coefficient (Wildman–Crippen LogP) is 1.93. The highest BCUT2D eigenvalue weighted by molar-refractivity contribution is 7.89. The van der Waals surface area contributed by atoms with Crippen LogP contribution in [0.4, 0.5) is 0 Å². The van der Waals surface area contributed by atoms with E-state index in [0.29, 0.717) is 6.29 Å². The average molecular weight is 291 g/mol. The molecule has 0 saturated heterocycles. The van der Waals surface area contributed by atoms with E-state index in [9.17, 15) is 13.2 Å². The van der Waals surface area contributed by atoms with Gasteiger partial charge in [0.1, 0.15) is 0 Å². The Morgan fingerprint density at radius 2 is 1.90 bits per heavy atom. The fourth-order valence-corrected chi connectivity index (χ4v) is 3.42. The Balaban J connectivity index is 1.71. The van der Waals surface area contributed by atoms with Crippen LogP contribution in [0.1, 0.15) is 28.5 Å². The molecule has 6 heteroatoms. The standard InChI is InChI=1S/C14H13NO4S/c16-9-11-6-7-14(19-11)20(17,18)15-13-8-12(13)10-4-2-1-3-5-10/h1-7,9,12-13,15H,8H2. The Hall–Kier alpha value is -1.92. The van der Waals surface area contributed by atoms with E-state index < -0.39 is 10.0 Å². The fraction of sp³-hybridized carbons (Fsp3) is 0.214. The van der Waals surface area contributed by atoms with Crippen LogP contribution in [-0.4, -0.2) is 20.7 Å². The first kappa shape index (κ1) is 13.1. The monoisotopic (exact) mass is 291 g/mol. The van der Waals surface area contributed by atoms with Gasteiger partial charge in [0.2, 0.25) is 5.09 Å². The fourth-order valence-electron chi connectivity index (χ4n) is 2.19. The van der Waals surface area contributed by atoms with Crippen LogP contribution in [0.3, 0.4) is 0 Å². The second-order valence-electron chi connectivity index (χ2n) is 4.76. The maximum atomic E-state index is 12.1. The number of carbonyl (C=O) groups excluding carboxylic acids is 1. The van der Waals surface area contributed by atoms with E-state index in [2.05, 4.69) is 4.72 Å². The van der Waals surface area contributed by atoms with Gasteiger partial charge < -0.3 is 4.42 Å². The molecule has 104 valence electrons. The SMILES string of the molecule is O=Cc1ccc(S(=O)(=O)NC2CC2c2ccccc2)o1. The predicted molar refractivity (Wildman–Crippen MR) is 72.0 cm³/mol. The Bertz CT molecular complexity index is 721. The minimum atomic E-state index is -3.70. The van der Waals surface area contributed by atoms with Crippen LogP contribution in [0, 0.1) is 0 Å². The van der Waals surface area contributed by atoms with Gasteiger partial charge in [0.05, 0.1) is 0 Å². The third-order valence-electron chi connectivity index (χ3n) is 3.31. The summed E-state index contributed by atoms with van der Waals surface area (Å²) in [5.41, 5.74) is 1.12. The van der Waals surface area contributed by atoms with Crippen LogP contribution in [0.15, 0.2) is 52.0 Å². The highest BCUT2D eigenvalue weighted by atomic mass is 32.2. The summed E-state index contributed by atoms with van der Waals surface area (Å²) >= 11 is 0. The molecule has 0 aliphatic heterocycles. The molecule has 1 aliphatic rings. The van der Waals surface area contributed by atoms with E-state index in [-0.39, 0.29) is 22.8 Å². The molecular weight excluding hydrogens is 278 g/mol. The van der Waals surface area contributed by atoms with Crippen molar-refractivity contribution < 1.29 is 17.6 Å². The van der Waals surface area contributed by atoms with Gasteiger partial charge in [-0.1, -0.05) is 30.3 Å². The molecule has 3 rings (SSSR count). The Kier molecular flexibility index (Phi) is 3.19. The first-order valence-corrected chi connectivity index (χ1v) is 7.71. The molecule has 2 atom stereocenters. The molecule has 20 heavy (non-hydrogen) atoms. The molecule has 0 radical (unpaired) electrons. The minimum Gasteiger partial charge on any atom is -0.440 e. The molecule has 1 fully saturated rings. The highest BCUT2D eigenvalue weighted by Crippen LogP contribution is 2.41. The van der Waals surface area contributed by atoms with Crippen LogP contribution < -0.4 is 4.72 Å². The van der Waals surface area contributed by atoms with Crippen LogP contribution in [0.2, 0.25) is 0 Å². The zero-order valence-corrected chi connectivity index (χ0v) is 11.3. The average Bonchev–Trinajstić information content (AvgIpc) is 3.02. The Morgan fingerprint density at radius 3 is 2.55 bits per heavy atom. The van der Waals surface area contributed by atoms with Crippen molar-refractivity contribution in [3.8, 4) is 0 Å². The molecule has 1 heterocycles. The van der Waals surface area contributed by atoms with Gasteiger partial charge in [-0.3, -0.25) is 4.79 Å².